The molecule has 0 amide bonds. The Balaban J connectivity index is 1.45. The van der Waals surface area contributed by atoms with Gasteiger partial charge < -0.3 is 9.84 Å². The number of Topliss-reactive ketones (excluding diaryl/α,β-unsaturated/α-hetero) is 1. The zero-order chi connectivity index (χ0) is 21.7. The van der Waals surface area contributed by atoms with Crippen molar-refractivity contribution in [2.45, 2.75) is 70.3 Å². The Kier molecular flexibility index (Phi) is 6.39. The van der Waals surface area contributed by atoms with E-state index in [1.807, 2.05) is 0 Å². The van der Waals surface area contributed by atoms with Crippen LogP contribution in [0, 0.1) is 40.9 Å². The maximum absolute atomic E-state index is 12.8. The molecule has 8 atom stereocenters. The molecule has 0 heterocycles. The second-order valence-corrected chi connectivity index (χ2v) is 14.0. The van der Waals surface area contributed by atoms with E-state index >= 15 is 0 Å². The van der Waals surface area contributed by atoms with Crippen molar-refractivity contribution in [3.05, 3.63) is 0 Å². The molecule has 0 radical (unpaired) electrons. The summed E-state index contributed by atoms with van der Waals surface area (Å²) in [6.07, 6.45) is 9.13. The lowest BCUT2D eigenvalue weighted by atomic mass is 9.49. The molecule has 4 saturated carbocycles. The Hall–Kier alpha value is -0.150. The van der Waals surface area contributed by atoms with Crippen LogP contribution >= 0.6 is 10.8 Å². The lowest BCUT2D eigenvalue weighted by Gasteiger charge is -2.57. The summed E-state index contributed by atoms with van der Waals surface area (Å²) in [5.41, 5.74) is -0.710. The Morgan fingerprint density at radius 1 is 1.07 bits per heavy atom. The van der Waals surface area contributed by atoms with Crippen molar-refractivity contribution in [3.8, 4) is 0 Å². The van der Waals surface area contributed by atoms with Crippen LogP contribution in [-0.2, 0) is 18.7 Å². The highest BCUT2D eigenvalue weighted by Crippen LogP contribution is 2.64. The zero-order valence-corrected chi connectivity index (χ0v) is 19.7. The quantitative estimate of drug-likeness (QED) is 0.460. The predicted molar refractivity (Wildman–Crippen MR) is 116 cm³/mol. The second kappa shape index (κ2) is 8.32. The zero-order valence-electron chi connectivity index (χ0n) is 18.1. The van der Waals surface area contributed by atoms with Gasteiger partial charge in [-0.15, -0.1) is 0 Å². The summed E-state index contributed by atoms with van der Waals surface area (Å²) in [4.78, 5) is 12.8. The maximum atomic E-state index is 12.8. The van der Waals surface area contributed by atoms with Crippen molar-refractivity contribution in [2.24, 2.45) is 40.9 Å². The highest BCUT2D eigenvalue weighted by Gasteiger charge is 2.59. The molecule has 30 heavy (non-hydrogen) atoms. The van der Waals surface area contributed by atoms with Gasteiger partial charge >= 0.3 is 9.15 Å². The molecule has 172 valence electrons. The van der Waals surface area contributed by atoms with Crippen molar-refractivity contribution < 1.29 is 27.6 Å². The first-order valence-electron chi connectivity index (χ1n) is 11.4. The maximum Gasteiger partial charge on any atom is 0.320 e. The SMILES string of the molecule is COC[C@@]1(O)CC[C@H]2[C@@H](CC[C@@H]3[C@@H]2CC[C@]2(C)[C@@H](C(=O)CSS(=O)(=O)O)CC[C@@H]32)C1. The molecule has 4 fully saturated rings. The van der Waals surface area contributed by atoms with Crippen LogP contribution in [0.3, 0.4) is 0 Å². The van der Waals surface area contributed by atoms with Gasteiger partial charge in [-0.3, -0.25) is 9.35 Å². The van der Waals surface area contributed by atoms with Gasteiger partial charge in [0.15, 0.2) is 0 Å². The fraction of sp³-hybridized carbons (Fsp3) is 0.955. The minimum atomic E-state index is -4.18. The van der Waals surface area contributed by atoms with Crippen molar-refractivity contribution in [3.63, 3.8) is 0 Å². The van der Waals surface area contributed by atoms with Gasteiger partial charge in [0.05, 0.1) is 18.0 Å². The second-order valence-electron chi connectivity index (χ2n) is 10.7. The van der Waals surface area contributed by atoms with E-state index in [9.17, 15) is 18.3 Å². The van der Waals surface area contributed by atoms with Crippen LogP contribution in [0.2, 0.25) is 0 Å². The molecule has 0 spiro atoms. The van der Waals surface area contributed by atoms with E-state index in [2.05, 4.69) is 6.92 Å². The first kappa shape index (κ1) is 23.0. The molecular weight excluding hydrogens is 424 g/mol. The fourth-order valence-corrected chi connectivity index (χ4v) is 9.39. The van der Waals surface area contributed by atoms with Crippen molar-refractivity contribution in [2.75, 3.05) is 19.5 Å². The van der Waals surface area contributed by atoms with E-state index in [1.54, 1.807) is 7.11 Å². The monoisotopic (exact) mass is 460 g/mol. The smallest absolute Gasteiger partial charge is 0.320 e. The lowest BCUT2D eigenvalue weighted by Crippen LogP contribution is -2.52. The fourth-order valence-electron chi connectivity index (χ4n) is 8.12. The van der Waals surface area contributed by atoms with E-state index in [-0.39, 0.29) is 22.9 Å². The largest absolute Gasteiger partial charge is 0.387 e. The number of aliphatic hydroxyl groups is 1. The van der Waals surface area contributed by atoms with Crippen LogP contribution in [0.5, 0.6) is 0 Å². The summed E-state index contributed by atoms with van der Waals surface area (Å²) in [5.74, 6) is 2.86. The Labute approximate surface area is 184 Å². The Morgan fingerprint density at radius 2 is 1.80 bits per heavy atom. The Bertz CT molecular complexity index is 770. The van der Waals surface area contributed by atoms with E-state index in [4.69, 9.17) is 9.29 Å². The molecule has 4 rings (SSSR count). The normalized spacial score (nSPS) is 46.0. The molecule has 0 aliphatic heterocycles. The van der Waals surface area contributed by atoms with Gasteiger partial charge in [-0.25, -0.2) is 0 Å². The molecule has 0 bridgehead atoms. The van der Waals surface area contributed by atoms with Gasteiger partial charge in [-0.2, -0.15) is 8.42 Å². The number of carbonyl (C=O) groups is 1. The molecule has 0 saturated heterocycles. The van der Waals surface area contributed by atoms with Crippen molar-refractivity contribution in [1.82, 2.24) is 0 Å². The average Bonchev–Trinajstić information content (AvgIpc) is 3.02. The van der Waals surface area contributed by atoms with E-state index in [1.165, 1.54) is 6.42 Å². The van der Waals surface area contributed by atoms with Crippen LogP contribution in [-0.4, -0.2) is 48.9 Å². The number of carbonyl (C=O) groups excluding carboxylic acids is 1. The predicted octanol–water partition coefficient (Wildman–Crippen LogP) is 3.74. The molecule has 4 aliphatic carbocycles. The van der Waals surface area contributed by atoms with E-state index < -0.39 is 14.8 Å². The highest BCUT2D eigenvalue weighted by molar-refractivity contribution is 8.70. The van der Waals surface area contributed by atoms with E-state index in [0.29, 0.717) is 47.0 Å². The molecule has 0 aromatic carbocycles. The Morgan fingerprint density at radius 3 is 2.50 bits per heavy atom. The van der Waals surface area contributed by atoms with Gasteiger partial charge in [-0.05, 0) is 92.8 Å². The summed E-state index contributed by atoms with van der Waals surface area (Å²) in [7, 11) is -2.16. The minimum Gasteiger partial charge on any atom is -0.387 e. The first-order valence-corrected chi connectivity index (χ1v) is 14.4. The average molecular weight is 461 g/mol. The number of hydrogen-bond donors (Lipinski definition) is 2. The topological polar surface area (TPSA) is 101 Å². The van der Waals surface area contributed by atoms with E-state index in [0.717, 1.165) is 51.4 Å². The van der Waals surface area contributed by atoms with Gasteiger partial charge in [0, 0.05) is 23.8 Å². The standard InChI is InChI=1S/C22H36O6S2/c1-21-9-7-16-15-8-10-22(24,13-28-2)11-14(15)3-4-17(16)18(21)5-6-19(21)20(23)12-29-30(25,26)27/h14-19,24H,3-13H2,1-2H3,(H,25,26,27)/t14-,15-,16+,17+,18-,19+,21-,22+/m0/s1. The summed E-state index contributed by atoms with van der Waals surface area (Å²) in [6.45, 7) is 2.68. The van der Waals surface area contributed by atoms with Gasteiger partial charge in [0.25, 0.3) is 0 Å². The summed E-state index contributed by atoms with van der Waals surface area (Å²) >= 11 is 0. The number of hydrogen-bond acceptors (Lipinski definition) is 6. The summed E-state index contributed by atoms with van der Waals surface area (Å²) < 4.78 is 36.4. The summed E-state index contributed by atoms with van der Waals surface area (Å²) in [5, 5.41) is 10.9. The summed E-state index contributed by atoms with van der Waals surface area (Å²) in [6, 6.07) is 0. The molecular formula is C22H36O6S2. The molecule has 0 aromatic heterocycles. The minimum absolute atomic E-state index is 0.0166. The third kappa shape index (κ3) is 4.24. The van der Waals surface area contributed by atoms with Crippen LogP contribution in [0.15, 0.2) is 0 Å². The first-order chi connectivity index (χ1) is 14.1. The number of fused-ring (bicyclic) bond motifs is 5. The van der Waals surface area contributed by atoms with Crippen molar-refractivity contribution in [1.29, 1.82) is 0 Å². The molecule has 4 aliphatic rings. The third-order valence-electron chi connectivity index (χ3n) is 9.26. The molecule has 0 unspecified atom stereocenters. The molecule has 6 nitrogen and oxygen atoms in total. The number of methoxy groups -OCH3 is 1. The molecule has 8 heteroatoms. The number of rotatable bonds is 6. The van der Waals surface area contributed by atoms with Gasteiger partial charge in [0.2, 0.25) is 0 Å². The number of ether oxygens (including phenoxy) is 1. The van der Waals surface area contributed by atoms with Crippen LogP contribution in [0.4, 0.5) is 0 Å². The van der Waals surface area contributed by atoms with Crippen molar-refractivity contribution >= 4 is 25.7 Å². The lowest BCUT2D eigenvalue weighted by molar-refractivity contribution is -0.134. The third-order valence-corrected chi connectivity index (χ3v) is 11.2. The number of ketones is 1. The molecule has 2 N–H and O–H groups in total. The van der Waals surface area contributed by atoms with Crippen LogP contribution in [0.25, 0.3) is 0 Å². The van der Waals surface area contributed by atoms with Gasteiger partial charge in [-0.1, -0.05) is 6.92 Å². The van der Waals surface area contributed by atoms with Crippen LogP contribution < -0.4 is 0 Å². The molecule has 0 aromatic rings. The van der Waals surface area contributed by atoms with Crippen LogP contribution in [0.1, 0.15) is 64.7 Å². The van der Waals surface area contributed by atoms with Gasteiger partial charge in [0.1, 0.15) is 5.78 Å². The highest BCUT2D eigenvalue weighted by atomic mass is 33.1.